The standard InChI is InChI=1S/C22H19FN4O/c23-17-12-10-16(11-13-17)21-26-19-8-4-5-9-20(19)27(21)15-14-24-22(28)25-18-6-2-1-3-7-18/h1-13H,14-15H2,(H2,24,25,28). The van der Waals surface area contributed by atoms with Gasteiger partial charge < -0.3 is 15.2 Å². The number of carbonyl (C=O) groups is 1. The van der Waals surface area contributed by atoms with Gasteiger partial charge in [-0.25, -0.2) is 14.2 Å². The summed E-state index contributed by atoms with van der Waals surface area (Å²) in [7, 11) is 0. The van der Waals surface area contributed by atoms with Gasteiger partial charge in [0.05, 0.1) is 11.0 Å². The summed E-state index contributed by atoms with van der Waals surface area (Å²) in [5.74, 6) is 0.456. The number of benzene rings is 3. The number of nitrogens with zero attached hydrogens (tertiary/aromatic N) is 2. The summed E-state index contributed by atoms with van der Waals surface area (Å²) in [5, 5.41) is 5.66. The molecule has 4 rings (SSSR count). The fourth-order valence-corrected chi connectivity index (χ4v) is 3.10. The number of aromatic nitrogens is 2. The number of anilines is 1. The Kier molecular flexibility index (Phi) is 5.01. The molecule has 0 fully saturated rings. The van der Waals surface area contributed by atoms with Crippen molar-refractivity contribution in [2.45, 2.75) is 6.54 Å². The van der Waals surface area contributed by atoms with Crippen molar-refractivity contribution in [3.05, 3.63) is 84.7 Å². The van der Waals surface area contributed by atoms with Crippen molar-refractivity contribution in [3.63, 3.8) is 0 Å². The Hall–Kier alpha value is -3.67. The molecule has 0 bridgehead atoms. The van der Waals surface area contributed by atoms with Crippen LogP contribution in [-0.2, 0) is 6.54 Å². The number of amides is 2. The van der Waals surface area contributed by atoms with Crippen LogP contribution in [0.25, 0.3) is 22.4 Å². The number of carbonyl (C=O) groups excluding carboxylic acids is 1. The summed E-state index contributed by atoms with van der Waals surface area (Å²) in [6.07, 6.45) is 0. The summed E-state index contributed by atoms with van der Waals surface area (Å²) >= 11 is 0. The van der Waals surface area contributed by atoms with Crippen LogP contribution in [0.5, 0.6) is 0 Å². The minimum absolute atomic E-state index is 0.265. The Morgan fingerprint density at radius 1 is 0.929 bits per heavy atom. The van der Waals surface area contributed by atoms with Gasteiger partial charge in [-0.15, -0.1) is 0 Å². The molecule has 5 nitrogen and oxygen atoms in total. The molecule has 1 heterocycles. The molecule has 0 unspecified atom stereocenters. The van der Waals surface area contributed by atoms with E-state index >= 15 is 0 Å². The number of nitrogens with one attached hydrogen (secondary N) is 2. The van der Waals surface area contributed by atoms with Gasteiger partial charge in [0.2, 0.25) is 0 Å². The lowest BCUT2D eigenvalue weighted by atomic mass is 10.2. The Bertz CT molecular complexity index is 1090. The van der Waals surface area contributed by atoms with Crippen molar-refractivity contribution in [1.82, 2.24) is 14.9 Å². The number of fused-ring (bicyclic) bond motifs is 1. The second-order valence-corrected chi connectivity index (χ2v) is 6.33. The zero-order chi connectivity index (χ0) is 19.3. The first-order valence-corrected chi connectivity index (χ1v) is 9.02. The van der Waals surface area contributed by atoms with E-state index in [1.54, 1.807) is 12.1 Å². The van der Waals surface area contributed by atoms with Crippen molar-refractivity contribution >= 4 is 22.8 Å². The molecule has 0 saturated heterocycles. The van der Waals surface area contributed by atoms with Crippen LogP contribution in [0, 0.1) is 5.82 Å². The molecular formula is C22H19FN4O. The zero-order valence-corrected chi connectivity index (χ0v) is 15.1. The number of halogens is 1. The lowest BCUT2D eigenvalue weighted by Gasteiger charge is -2.11. The molecule has 0 aliphatic rings. The van der Waals surface area contributed by atoms with Gasteiger partial charge in [-0.3, -0.25) is 0 Å². The van der Waals surface area contributed by atoms with Gasteiger partial charge in [-0.05, 0) is 48.5 Å². The lowest BCUT2D eigenvalue weighted by molar-refractivity contribution is 0.251. The maximum Gasteiger partial charge on any atom is 0.319 e. The van der Waals surface area contributed by atoms with Crippen LogP contribution >= 0.6 is 0 Å². The van der Waals surface area contributed by atoms with Gasteiger partial charge in [0, 0.05) is 24.3 Å². The van der Waals surface area contributed by atoms with Crippen molar-refractivity contribution in [3.8, 4) is 11.4 Å². The predicted octanol–water partition coefficient (Wildman–Crippen LogP) is 4.66. The van der Waals surface area contributed by atoms with E-state index < -0.39 is 0 Å². The third-order valence-corrected chi connectivity index (χ3v) is 4.41. The van der Waals surface area contributed by atoms with Crippen LogP contribution in [0.2, 0.25) is 0 Å². The number of urea groups is 1. The van der Waals surface area contributed by atoms with E-state index in [0.29, 0.717) is 13.1 Å². The van der Waals surface area contributed by atoms with E-state index in [0.717, 1.165) is 28.1 Å². The van der Waals surface area contributed by atoms with Crippen LogP contribution in [0.15, 0.2) is 78.9 Å². The van der Waals surface area contributed by atoms with Crippen LogP contribution in [0.1, 0.15) is 0 Å². The molecule has 0 radical (unpaired) electrons. The van der Waals surface area contributed by atoms with Crippen LogP contribution < -0.4 is 10.6 Å². The van der Waals surface area contributed by atoms with E-state index in [4.69, 9.17) is 4.98 Å². The predicted molar refractivity (Wildman–Crippen MR) is 109 cm³/mol. The van der Waals surface area contributed by atoms with Gasteiger partial charge in [0.25, 0.3) is 0 Å². The average molecular weight is 374 g/mol. The number of imidazole rings is 1. The Labute approximate surface area is 161 Å². The highest BCUT2D eigenvalue weighted by atomic mass is 19.1. The van der Waals surface area contributed by atoms with Crippen LogP contribution in [-0.4, -0.2) is 22.1 Å². The normalized spacial score (nSPS) is 10.8. The molecular weight excluding hydrogens is 355 g/mol. The SMILES string of the molecule is O=C(NCCn1c(-c2ccc(F)cc2)nc2ccccc21)Nc1ccccc1. The highest BCUT2D eigenvalue weighted by Crippen LogP contribution is 2.24. The maximum absolute atomic E-state index is 13.3. The first-order valence-electron chi connectivity index (χ1n) is 9.02. The van der Waals surface area contributed by atoms with Crippen molar-refractivity contribution in [2.24, 2.45) is 0 Å². The first kappa shape index (κ1) is 17.7. The van der Waals surface area contributed by atoms with E-state index in [1.807, 2.05) is 59.2 Å². The molecule has 1 aromatic heterocycles. The highest BCUT2D eigenvalue weighted by Gasteiger charge is 2.12. The number of para-hydroxylation sites is 3. The monoisotopic (exact) mass is 374 g/mol. The second kappa shape index (κ2) is 7.92. The first-order chi connectivity index (χ1) is 13.7. The third kappa shape index (κ3) is 3.86. The molecule has 6 heteroatoms. The molecule has 2 N–H and O–H groups in total. The average Bonchev–Trinajstić information content (AvgIpc) is 3.08. The van der Waals surface area contributed by atoms with Crippen molar-refractivity contribution in [1.29, 1.82) is 0 Å². The minimum atomic E-state index is -0.286. The van der Waals surface area contributed by atoms with E-state index in [-0.39, 0.29) is 11.8 Å². The summed E-state index contributed by atoms with van der Waals surface area (Å²) < 4.78 is 15.3. The number of hydrogen-bond acceptors (Lipinski definition) is 2. The maximum atomic E-state index is 13.3. The van der Waals surface area contributed by atoms with E-state index in [9.17, 15) is 9.18 Å². The Morgan fingerprint density at radius 3 is 2.43 bits per heavy atom. The second-order valence-electron chi connectivity index (χ2n) is 6.33. The highest BCUT2D eigenvalue weighted by molar-refractivity contribution is 5.89. The van der Waals surface area contributed by atoms with Crippen molar-refractivity contribution in [2.75, 3.05) is 11.9 Å². The minimum Gasteiger partial charge on any atom is -0.336 e. The van der Waals surface area contributed by atoms with Gasteiger partial charge in [0.1, 0.15) is 11.6 Å². The smallest absolute Gasteiger partial charge is 0.319 e. The topological polar surface area (TPSA) is 59.0 Å². The molecule has 3 aromatic carbocycles. The summed E-state index contributed by atoms with van der Waals surface area (Å²) in [5.41, 5.74) is 3.38. The largest absolute Gasteiger partial charge is 0.336 e. The quantitative estimate of drug-likeness (QED) is 0.534. The fraction of sp³-hybridized carbons (Fsp3) is 0.0909. The van der Waals surface area contributed by atoms with Crippen molar-refractivity contribution < 1.29 is 9.18 Å². The third-order valence-electron chi connectivity index (χ3n) is 4.41. The molecule has 0 aliphatic carbocycles. The van der Waals surface area contributed by atoms with E-state index in [2.05, 4.69) is 10.6 Å². The summed E-state index contributed by atoms with van der Waals surface area (Å²) in [4.78, 5) is 16.8. The Balaban J connectivity index is 1.52. The lowest BCUT2D eigenvalue weighted by Crippen LogP contribution is -2.31. The molecule has 2 amide bonds. The molecule has 4 aromatic rings. The molecule has 140 valence electrons. The molecule has 0 atom stereocenters. The summed E-state index contributed by atoms with van der Waals surface area (Å²) in [6, 6.07) is 23.1. The summed E-state index contributed by atoms with van der Waals surface area (Å²) in [6.45, 7) is 0.961. The van der Waals surface area contributed by atoms with Crippen LogP contribution in [0.4, 0.5) is 14.9 Å². The number of rotatable bonds is 5. The number of hydrogen-bond donors (Lipinski definition) is 2. The van der Waals surface area contributed by atoms with Gasteiger partial charge in [-0.1, -0.05) is 30.3 Å². The molecule has 28 heavy (non-hydrogen) atoms. The Morgan fingerprint density at radius 2 is 1.64 bits per heavy atom. The van der Waals surface area contributed by atoms with Crippen LogP contribution in [0.3, 0.4) is 0 Å². The van der Waals surface area contributed by atoms with Gasteiger partial charge in [-0.2, -0.15) is 0 Å². The van der Waals surface area contributed by atoms with Gasteiger partial charge in [0.15, 0.2) is 0 Å². The van der Waals surface area contributed by atoms with E-state index in [1.165, 1.54) is 12.1 Å². The molecule has 0 saturated carbocycles. The zero-order valence-electron chi connectivity index (χ0n) is 15.1. The molecule has 0 aliphatic heterocycles. The van der Waals surface area contributed by atoms with Gasteiger partial charge >= 0.3 is 6.03 Å². The molecule has 0 spiro atoms. The fourth-order valence-electron chi connectivity index (χ4n) is 3.10.